The van der Waals surface area contributed by atoms with Crippen molar-refractivity contribution in [3.05, 3.63) is 0 Å². The molecule has 0 saturated heterocycles. The second-order valence-corrected chi connectivity index (χ2v) is 2.10. The summed E-state index contributed by atoms with van der Waals surface area (Å²) in [5.41, 5.74) is 0. The van der Waals surface area contributed by atoms with E-state index in [4.69, 9.17) is 5.11 Å². The van der Waals surface area contributed by atoms with Gasteiger partial charge in [0.25, 0.3) is 0 Å². The highest BCUT2D eigenvalue weighted by Crippen LogP contribution is 1.91. The van der Waals surface area contributed by atoms with Crippen LogP contribution in [-0.4, -0.2) is 37.1 Å². The first kappa shape index (κ1) is 10.7. The van der Waals surface area contributed by atoms with Crippen LogP contribution in [0.2, 0.25) is 0 Å². The van der Waals surface area contributed by atoms with Crippen LogP contribution < -0.4 is 5.32 Å². The van der Waals surface area contributed by atoms with Gasteiger partial charge in [0.15, 0.2) is 0 Å². The van der Waals surface area contributed by atoms with Crippen LogP contribution in [-0.2, 0) is 9.47 Å². The molecule has 1 unspecified atom stereocenters. The molecule has 0 aliphatic heterocycles. The Morgan fingerprint density at radius 2 is 2.17 bits per heavy atom. The topological polar surface area (TPSA) is 84.9 Å². The zero-order valence-electron chi connectivity index (χ0n) is 6.86. The number of nitrogens with one attached hydrogen (secondary N) is 1. The van der Waals surface area contributed by atoms with Crippen molar-refractivity contribution in [1.82, 2.24) is 5.32 Å². The Morgan fingerprint density at radius 3 is 2.58 bits per heavy atom. The Bertz CT molecular complexity index is 169. The van der Waals surface area contributed by atoms with Crippen molar-refractivity contribution < 1.29 is 24.2 Å². The van der Waals surface area contributed by atoms with E-state index in [1.807, 2.05) is 0 Å². The third-order valence-corrected chi connectivity index (χ3v) is 0.919. The van der Waals surface area contributed by atoms with Crippen LogP contribution in [0.1, 0.15) is 6.92 Å². The molecule has 0 spiro atoms. The van der Waals surface area contributed by atoms with E-state index in [2.05, 4.69) is 9.47 Å². The summed E-state index contributed by atoms with van der Waals surface area (Å²) in [6.07, 6.45) is -2.90. The summed E-state index contributed by atoms with van der Waals surface area (Å²) in [7, 11) is 1.45. The van der Waals surface area contributed by atoms with Gasteiger partial charge in [-0.2, -0.15) is 0 Å². The molecule has 0 aromatic carbocycles. The fourth-order valence-electron chi connectivity index (χ4n) is 0.568. The largest absolute Gasteiger partial charge is 0.465 e. The fraction of sp³-hybridized carbons (Fsp3) is 0.667. The lowest BCUT2D eigenvalue weighted by molar-refractivity contribution is 0.0493. The number of rotatable bonds is 3. The van der Waals surface area contributed by atoms with Gasteiger partial charge in [0.05, 0.1) is 6.61 Å². The molecular weight excluding hydrogens is 166 g/mol. The lowest BCUT2D eigenvalue weighted by atomic mass is 10.4. The number of hydrogen-bond donors (Lipinski definition) is 2. The predicted molar refractivity (Wildman–Crippen MR) is 39.0 cm³/mol. The lowest BCUT2D eigenvalue weighted by Crippen LogP contribution is -2.33. The molecule has 0 aliphatic carbocycles. The summed E-state index contributed by atoms with van der Waals surface area (Å²) in [6.45, 7) is 1.82. The molecular formula is C6H11NO5. The number of imide groups is 1. The average Bonchev–Trinajstić information content (AvgIpc) is 1.84. The van der Waals surface area contributed by atoms with Crippen molar-refractivity contribution in [2.24, 2.45) is 0 Å². The molecule has 6 nitrogen and oxygen atoms in total. The molecule has 0 fully saturated rings. The van der Waals surface area contributed by atoms with Crippen LogP contribution in [0.4, 0.5) is 9.59 Å². The first-order chi connectivity index (χ1) is 5.56. The Morgan fingerprint density at radius 1 is 1.58 bits per heavy atom. The first-order valence-corrected chi connectivity index (χ1v) is 3.25. The van der Waals surface area contributed by atoms with Crippen molar-refractivity contribution >= 4 is 12.2 Å². The van der Waals surface area contributed by atoms with Crippen molar-refractivity contribution in [2.75, 3.05) is 13.7 Å². The minimum Gasteiger partial charge on any atom is -0.465 e. The lowest BCUT2D eigenvalue weighted by Gasteiger charge is -2.10. The van der Waals surface area contributed by atoms with E-state index >= 15 is 0 Å². The maximum atomic E-state index is 10.6. The third kappa shape index (κ3) is 5.48. The van der Waals surface area contributed by atoms with Gasteiger partial charge >= 0.3 is 12.2 Å². The molecule has 0 aromatic rings. The van der Waals surface area contributed by atoms with Gasteiger partial charge in [0, 0.05) is 7.11 Å². The van der Waals surface area contributed by atoms with Crippen LogP contribution in [0.25, 0.3) is 0 Å². The number of carboxylic acid groups (broad SMARTS) is 1. The van der Waals surface area contributed by atoms with E-state index in [1.54, 1.807) is 6.92 Å². The monoisotopic (exact) mass is 177 g/mol. The van der Waals surface area contributed by atoms with Crippen molar-refractivity contribution in [3.8, 4) is 0 Å². The third-order valence-electron chi connectivity index (χ3n) is 0.919. The van der Waals surface area contributed by atoms with Gasteiger partial charge in [-0.1, -0.05) is 0 Å². The van der Waals surface area contributed by atoms with Crippen molar-refractivity contribution in [1.29, 1.82) is 0 Å². The minimum absolute atomic E-state index is 0.229. The van der Waals surface area contributed by atoms with Gasteiger partial charge in [-0.05, 0) is 6.92 Å². The number of hydrogen-bond acceptors (Lipinski definition) is 4. The van der Waals surface area contributed by atoms with Crippen LogP contribution in [0, 0.1) is 0 Å². The first-order valence-electron chi connectivity index (χ1n) is 3.25. The molecule has 0 radical (unpaired) electrons. The normalized spacial score (nSPS) is 11.8. The molecule has 0 saturated carbocycles. The summed E-state index contributed by atoms with van der Waals surface area (Å²) in [5, 5.41) is 9.62. The second-order valence-electron chi connectivity index (χ2n) is 2.10. The molecule has 70 valence electrons. The maximum absolute atomic E-state index is 10.6. The van der Waals surface area contributed by atoms with Gasteiger partial charge < -0.3 is 14.6 Å². The van der Waals surface area contributed by atoms with E-state index in [9.17, 15) is 9.59 Å². The van der Waals surface area contributed by atoms with Gasteiger partial charge in [-0.25, -0.2) is 14.9 Å². The average molecular weight is 177 g/mol. The maximum Gasteiger partial charge on any atom is 0.416 e. The highest BCUT2D eigenvalue weighted by molar-refractivity contribution is 5.86. The van der Waals surface area contributed by atoms with Gasteiger partial charge in [-0.15, -0.1) is 0 Å². The minimum atomic E-state index is -1.44. The van der Waals surface area contributed by atoms with Gasteiger partial charge in [0.1, 0.15) is 6.10 Å². The SMILES string of the molecule is COCC(C)OC(=O)NC(=O)O. The molecule has 2 N–H and O–H groups in total. The van der Waals surface area contributed by atoms with Crippen molar-refractivity contribution in [2.45, 2.75) is 13.0 Å². The Labute approximate surface area is 69.5 Å². The molecule has 12 heavy (non-hydrogen) atoms. The summed E-state index contributed by atoms with van der Waals surface area (Å²) in [4.78, 5) is 20.5. The summed E-state index contributed by atoms with van der Waals surface area (Å²) >= 11 is 0. The molecule has 6 heteroatoms. The number of ether oxygens (including phenoxy) is 2. The summed E-state index contributed by atoms with van der Waals surface area (Å²) in [5.74, 6) is 0. The summed E-state index contributed by atoms with van der Waals surface area (Å²) in [6, 6.07) is 0. The molecule has 2 amide bonds. The summed E-state index contributed by atoms with van der Waals surface area (Å²) < 4.78 is 9.20. The van der Waals surface area contributed by atoms with E-state index in [0.717, 1.165) is 0 Å². The number of amides is 2. The van der Waals surface area contributed by atoms with Crippen LogP contribution >= 0.6 is 0 Å². The number of alkyl carbamates (subject to hydrolysis) is 1. The second kappa shape index (κ2) is 5.36. The molecule has 0 aliphatic rings. The Balaban J connectivity index is 3.61. The van der Waals surface area contributed by atoms with E-state index in [0.29, 0.717) is 0 Å². The molecule has 1 atom stereocenters. The Hall–Kier alpha value is -1.30. The van der Waals surface area contributed by atoms with Crippen LogP contribution in [0.5, 0.6) is 0 Å². The quantitative estimate of drug-likeness (QED) is 0.652. The number of carbonyl (C=O) groups excluding carboxylic acids is 1. The Kier molecular flexibility index (Phi) is 4.78. The highest BCUT2D eigenvalue weighted by atomic mass is 16.6. The zero-order valence-corrected chi connectivity index (χ0v) is 6.86. The molecule has 0 bridgehead atoms. The standard InChI is InChI=1S/C6H11NO5/c1-4(3-11-2)12-6(10)7-5(8)9/h4H,3H2,1-2H3,(H,7,10)(H,8,9). The molecule has 0 aromatic heterocycles. The van der Waals surface area contributed by atoms with Gasteiger partial charge in [0.2, 0.25) is 0 Å². The smallest absolute Gasteiger partial charge is 0.416 e. The number of carbonyl (C=O) groups is 2. The van der Waals surface area contributed by atoms with E-state index in [-0.39, 0.29) is 6.61 Å². The van der Waals surface area contributed by atoms with Crippen LogP contribution in [0.15, 0.2) is 0 Å². The highest BCUT2D eigenvalue weighted by Gasteiger charge is 2.10. The van der Waals surface area contributed by atoms with Crippen LogP contribution in [0.3, 0.4) is 0 Å². The predicted octanol–water partition coefficient (Wildman–Crippen LogP) is 0.426. The zero-order chi connectivity index (χ0) is 9.56. The van der Waals surface area contributed by atoms with Crippen molar-refractivity contribution in [3.63, 3.8) is 0 Å². The van der Waals surface area contributed by atoms with E-state index in [1.165, 1.54) is 12.4 Å². The fourth-order valence-corrected chi connectivity index (χ4v) is 0.568. The number of methoxy groups -OCH3 is 1. The van der Waals surface area contributed by atoms with Gasteiger partial charge in [-0.3, -0.25) is 0 Å². The van der Waals surface area contributed by atoms with E-state index < -0.39 is 18.3 Å². The molecule has 0 heterocycles. The molecule has 0 rings (SSSR count).